The number of amides is 1. The smallest absolute Gasteiger partial charge is 0.306 e. The van der Waals surface area contributed by atoms with E-state index in [0.717, 1.165) is 10.2 Å². The first-order chi connectivity index (χ1) is 9.13. The Morgan fingerprint density at radius 2 is 2.21 bits per heavy atom. The number of carboxylic acid groups (broad SMARTS) is 1. The zero-order valence-corrected chi connectivity index (χ0v) is 10.8. The summed E-state index contributed by atoms with van der Waals surface area (Å²) in [4.78, 5) is 26.9. The molecule has 2 N–H and O–H groups in total. The number of aliphatic carboxylic acids is 1. The molecule has 0 aromatic carbocycles. The van der Waals surface area contributed by atoms with Gasteiger partial charge in [-0.15, -0.1) is 11.3 Å². The van der Waals surface area contributed by atoms with Crippen molar-refractivity contribution in [2.75, 3.05) is 0 Å². The van der Waals surface area contributed by atoms with E-state index in [4.69, 9.17) is 5.11 Å². The molecule has 0 bridgehead atoms. The molecule has 1 fully saturated rings. The molecule has 2 heterocycles. The normalized spacial score (nSPS) is 21.9. The first kappa shape index (κ1) is 12.1. The number of carbonyl (C=O) groups is 2. The van der Waals surface area contributed by atoms with E-state index >= 15 is 0 Å². The molecule has 1 amide bonds. The number of pyridine rings is 1. The van der Waals surface area contributed by atoms with Crippen LogP contribution in [0.3, 0.4) is 0 Å². The summed E-state index contributed by atoms with van der Waals surface area (Å²) < 4.78 is 0.977. The SMILES string of the molecule is O=C(NC1CC(C(=O)O)C1)c1cnc2ccsc2c1. The van der Waals surface area contributed by atoms with Gasteiger partial charge in [-0.3, -0.25) is 14.6 Å². The fourth-order valence-corrected chi connectivity index (χ4v) is 2.96. The summed E-state index contributed by atoms with van der Waals surface area (Å²) in [6, 6.07) is 3.69. The third-order valence-corrected chi connectivity index (χ3v) is 4.24. The van der Waals surface area contributed by atoms with Gasteiger partial charge >= 0.3 is 5.97 Å². The lowest BCUT2D eigenvalue weighted by Crippen LogP contribution is -2.46. The Kier molecular flexibility index (Phi) is 2.94. The minimum Gasteiger partial charge on any atom is -0.481 e. The molecule has 1 aliphatic carbocycles. The topological polar surface area (TPSA) is 79.3 Å². The highest BCUT2D eigenvalue weighted by atomic mass is 32.1. The van der Waals surface area contributed by atoms with Crippen LogP contribution in [0.1, 0.15) is 23.2 Å². The molecule has 3 rings (SSSR count). The Bertz CT molecular complexity index is 646. The molecular formula is C13H12N2O3S. The molecule has 0 saturated heterocycles. The molecule has 0 radical (unpaired) electrons. The van der Waals surface area contributed by atoms with Crippen molar-refractivity contribution in [2.24, 2.45) is 5.92 Å². The fraction of sp³-hybridized carbons (Fsp3) is 0.308. The van der Waals surface area contributed by atoms with Crippen molar-refractivity contribution >= 4 is 33.4 Å². The van der Waals surface area contributed by atoms with Crippen molar-refractivity contribution in [1.29, 1.82) is 0 Å². The van der Waals surface area contributed by atoms with Gasteiger partial charge in [0, 0.05) is 12.2 Å². The molecule has 0 unspecified atom stereocenters. The summed E-state index contributed by atoms with van der Waals surface area (Å²) in [6.07, 6.45) is 2.57. The zero-order valence-electron chi connectivity index (χ0n) is 10.00. The Balaban J connectivity index is 1.66. The monoisotopic (exact) mass is 276 g/mol. The first-order valence-corrected chi connectivity index (χ1v) is 6.88. The Morgan fingerprint density at radius 1 is 1.42 bits per heavy atom. The number of carbonyl (C=O) groups excluding carboxylic acids is 1. The number of hydrogen-bond donors (Lipinski definition) is 2. The predicted octanol–water partition coefficient (Wildman–Crippen LogP) is 1.89. The maximum absolute atomic E-state index is 12.0. The summed E-state index contributed by atoms with van der Waals surface area (Å²) in [5.74, 6) is -1.29. The van der Waals surface area contributed by atoms with Crippen LogP contribution in [0.25, 0.3) is 10.2 Å². The van der Waals surface area contributed by atoms with Gasteiger partial charge in [0.2, 0.25) is 0 Å². The van der Waals surface area contributed by atoms with Crippen molar-refractivity contribution in [2.45, 2.75) is 18.9 Å². The van der Waals surface area contributed by atoms with Gasteiger partial charge in [0.1, 0.15) is 0 Å². The minimum atomic E-state index is -0.785. The van der Waals surface area contributed by atoms with Crippen LogP contribution in [0.5, 0.6) is 0 Å². The van der Waals surface area contributed by atoms with Crippen molar-refractivity contribution < 1.29 is 14.7 Å². The van der Waals surface area contributed by atoms with Crippen molar-refractivity contribution in [1.82, 2.24) is 10.3 Å². The third-order valence-electron chi connectivity index (χ3n) is 3.39. The van der Waals surface area contributed by atoms with Gasteiger partial charge in [-0.25, -0.2) is 0 Å². The second-order valence-electron chi connectivity index (χ2n) is 4.70. The van der Waals surface area contributed by atoms with Gasteiger partial charge in [-0.1, -0.05) is 0 Å². The number of nitrogens with zero attached hydrogens (tertiary/aromatic N) is 1. The summed E-state index contributed by atoms with van der Waals surface area (Å²) >= 11 is 1.54. The molecule has 6 heteroatoms. The average Bonchev–Trinajstić information content (AvgIpc) is 2.79. The summed E-state index contributed by atoms with van der Waals surface area (Å²) in [5.41, 5.74) is 1.41. The number of hydrogen-bond acceptors (Lipinski definition) is 4. The van der Waals surface area contributed by atoms with E-state index in [1.165, 1.54) is 0 Å². The van der Waals surface area contributed by atoms with Crippen LogP contribution in [-0.2, 0) is 4.79 Å². The number of nitrogens with one attached hydrogen (secondary N) is 1. The molecule has 5 nitrogen and oxygen atoms in total. The molecule has 1 saturated carbocycles. The highest BCUT2D eigenvalue weighted by Crippen LogP contribution is 2.28. The van der Waals surface area contributed by atoms with Crippen molar-refractivity contribution in [3.8, 4) is 0 Å². The standard InChI is InChI=1S/C13H12N2O3S/c16-12(15-9-3-7(4-9)13(17)18)8-5-11-10(14-6-8)1-2-19-11/h1-2,5-7,9H,3-4H2,(H,15,16)(H,17,18). The summed E-state index contributed by atoms with van der Waals surface area (Å²) in [7, 11) is 0. The molecule has 19 heavy (non-hydrogen) atoms. The van der Waals surface area contributed by atoms with E-state index < -0.39 is 5.97 Å². The van der Waals surface area contributed by atoms with Gasteiger partial charge in [-0.05, 0) is 30.4 Å². The summed E-state index contributed by atoms with van der Waals surface area (Å²) in [5, 5.41) is 13.5. The van der Waals surface area contributed by atoms with Gasteiger partial charge in [0.15, 0.2) is 0 Å². The van der Waals surface area contributed by atoms with E-state index in [1.807, 2.05) is 17.5 Å². The van der Waals surface area contributed by atoms with E-state index in [0.29, 0.717) is 18.4 Å². The van der Waals surface area contributed by atoms with Crippen LogP contribution in [0.2, 0.25) is 0 Å². The van der Waals surface area contributed by atoms with E-state index in [1.54, 1.807) is 17.5 Å². The first-order valence-electron chi connectivity index (χ1n) is 6.00. The quantitative estimate of drug-likeness (QED) is 0.897. The van der Waals surface area contributed by atoms with Crippen LogP contribution in [0.4, 0.5) is 0 Å². The fourth-order valence-electron chi connectivity index (χ4n) is 2.18. The molecule has 0 atom stereocenters. The van der Waals surface area contributed by atoms with Gasteiger partial charge in [0.25, 0.3) is 5.91 Å². The average molecular weight is 276 g/mol. The van der Waals surface area contributed by atoms with Crippen LogP contribution >= 0.6 is 11.3 Å². The molecule has 2 aromatic heterocycles. The lowest BCUT2D eigenvalue weighted by Gasteiger charge is -2.32. The lowest BCUT2D eigenvalue weighted by molar-refractivity contribution is -0.145. The summed E-state index contributed by atoms with van der Waals surface area (Å²) in [6.45, 7) is 0. The molecule has 0 aliphatic heterocycles. The van der Waals surface area contributed by atoms with Crippen LogP contribution < -0.4 is 5.32 Å². The van der Waals surface area contributed by atoms with E-state index in [9.17, 15) is 9.59 Å². The largest absolute Gasteiger partial charge is 0.481 e. The number of aromatic nitrogens is 1. The van der Waals surface area contributed by atoms with Gasteiger partial charge in [0.05, 0.1) is 21.7 Å². The van der Waals surface area contributed by atoms with Crippen molar-refractivity contribution in [3.05, 3.63) is 29.3 Å². The number of carboxylic acids is 1. The van der Waals surface area contributed by atoms with Crippen LogP contribution in [0, 0.1) is 5.92 Å². The van der Waals surface area contributed by atoms with E-state index in [-0.39, 0.29) is 17.9 Å². The Labute approximate surface area is 113 Å². The Morgan fingerprint density at radius 3 is 2.95 bits per heavy atom. The van der Waals surface area contributed by atoms with Crippen LogP contribution in [-0.4, -0.2) is 28.0 Å². The maximum atomic E-state index is 12.0. The number of thiophene rings is 1. The molecular weight excluding hydrogens is 264 g/mol. The second-order valence-corrected chi connectivity index (χ2v) is 5.65. The van der Waals surface area contributed by atoms with E-state index in [2.05, 4.69) is 10.3 Å². The molecule has 98 valence electrons. The minimum absolute atomic E-state index is 0.0346. The zero-order chi connectivity index (χ0) is 13.4. The van der Waals surface area contributed by atoms with Gasteiger partial charge in [-0.2, -0.15) is 0 Å². The molecule has 1 aliphatic rings. The third kappa shape index (κ3) is 2.31. The van der Waals surface area contributed by atoms with Crippen molar-refractivity contribution in [3.63, 3.8) is 0 Å². The number of fused-ring (bicyclic) bond motifs is 1. The predicted molar refractivity (Wildman–Crippen MR) is 71.2 cm³/mol. The highest BCUT2D eigenvalue weighted by Gasteiger charge is 2.35. The highest BCUT2D eigenvalue weighted by molar-refractivity contribution is 7.17. The Hall–Kier alpha value is -1.95. The van der Waals surface area contributed by atoms with Gasteiger partial charge < -0.3 is 10.4 Å². The molecule has 0 spiro atoms. The number of rotatable bonds is 3. The second kappa shape index (κ2) is 4.62. The van der Waals surface area contributed by atoms with Crippen LogP contribution in [0.15, 0.2) is 23.7 Å². The maximum Gasteiger partial charge on any atom is 0.306 e. The lowest BCUT2D eigenvalue weighted by atomic mass is 9.80. The molecule has 2 aromatic rings.